The summed E-state index contributed by atoms with van der Waals surface area (Å²) in [6, 6.07) is 5.40. The molecule has 0 aliphatic carbocycles. The summed E-state index contributed by atoms with van der Waals surface area (Å²) >= 11 is 0. The van der Waals surface area contributed by atoms with Crippen LogP contribution in [0.15, 0.2) is 18.2 Å². The molecule has 1 aromatic rings. The summed E-state index contributed by atoms with van der Waals surface area (Å²) in [5.41, 5.74) is 1.65. The Labute approximate surface area is 94.6 Å². The van der Waals surface area contributed by atoms with E-state index in [4.69, 9.17) is 9.47 Å². The fourth-order valence-electron chi connectivity index (χ4n) is 1.81. The summed E-state index contributed by atoms with van der Waals surface area (Å²) in [5.74, 6) is 0.954. The maximum atomic E-state index is 11.4. The number of methoxy groups -OCH3 is 2. The lowest BCUT2D eigenvalue weighted by atomic mass is 9.91. The molecule has 1 N–H and O–H groups in total. The third-order valence-corrected chi connectivity index (χ3v) is 2.87. The predicted octanol–water partition coefficient (Wildman–Crippen LogP) is 1.17. The number of carbonyl (C=O) groups is 1. The van der Waals surface area contributed by atoms with Gasteiger partial charge in [0.05, 0.1) is 19.8 Å². The van der Waals surface area contributed by atoms with E-state index in [2.05, 4.69) is 5.32 Å². The molecule has 0 aromatic heterocycles. The highest BCUT2D eigenvalue weighted by Gasteiger charge is 2.23. The first-order valence-electron chi connectivity index (χ1n) is 5.23. The topological polar surface area (TPSA) is 47.6 Å². The minimum Gasteiger partial charge on any atom is -0.496 e. The zero-order valence-electron chi connectivity index (χ0n) is 9.45. The molecule has 0 saturated carbocycles. The fraction of sp³-hybridized carbons (Fsp3) is 0.417. The molecular weight excluding hydrogens is 206 g/mol. The smallest absolute Gasteiger partial charge is 0.337 e. The molecule has 1 aromatic carbocycles. The van der Waals surface area contributed by atoms with Crippen molar-refractivity contribution in [3.8, 4) is 5.75 Å². The second-order valence-corrected chi connectivity index (χ2v) is 3.80. The maximum absolute atomic E-state index is 11.4. The Morgan fingerprint density at radius 3 is 2.62 bits per heavy atom. The van der Waals surface area contributed by atoms with Crippen LogP contribution in [0.1, 0.15) is 21.8 Å². The van der Waals surface area contributed by atoms with Crippen LogP contribution in [-0.4, -0.2) is 33.3 Å². The van der Waals surface area contributed by atoms with Gasteiger partial charge < -0.3 is 14.8 Å². The van der Waals surface area contributed by atoms with Crippen molar-refractivity contribution in [1.29, 1.82) is 0 Å². The summed E-state index contributed by atoms with van der Waals surface area (Å²) in [5, 5.41) is 3.20. The SMILES string of the molecule is COC(=O)c1ccc(OC)c(C2CNC2)c1. The van der Waals surface area contributed by atoms with Crippen molar-refractivity contribution in [3.05, 3.63) is 29.3 Å². The van der Waals surface area contributed by atoms with E-state index in [1.54, 1.807) is 13.2 Å². The highest BCUT2D eigenvalue weighted by molar-refractivity contribution is 5.89. The molecule has 0 radical (unpaired) electrons. The molecule has 0 amide bonds. The quantitative estimate of drug-likeness (QED) is 0.778. The number of hydrogen-bond donors (Lipinski definition) is 1. The lowest BCUT2D eigenvalue weighted by Crippen LogP contribution is -2.40. The Bertz CT molecular complexity index is 399. The first-order valence-corrected chi connectivity index (χ1v) is 5.23. The van der Waals surface area contributed by atoms with Crippen LogP contribution < -0.4 is 10.1 Å². The normalized spacial score (nSPS) is 15.4. The van der Waals surface area contributed by atoms with Crippen molar-refractivity contribution in [2.45, 2.75) is 5.92 Å². The molecule has 4 heteroatoms. The van der Waals surface area contributed by atoms with Gasteiger partial charge in [-0.05, 0) is 18.2 Å². The Hall–Kier alpha value is -1.55. The lowest BCUT2D eigenvalue weighted by molar-refractivity contribution is 0.0600. The van der Waals surface area contributed by atoms with Crippen LogP contribution >= 0.6 is 0 Å². The van der Waals surface area contributed by atoms with Gasteiger partial charge in [-0.15, -0.1) is 0 Å². The van der Waals surface area contributed by atoms with Gasteiger partial charge in [0, 0.05) is 24.6 Å². The van der Waals surface area contributed by atoms with Crippen molar-refractivity contribution >= 4 is 5.97 Å². The monoisotopic (exact) mass is 221 g/mol. The second-order valence-electron chi connectivity index (χ2n) is 3.80. The van der Waals surface area contributed by atoms with Crippen LogP contribution in [0, 0.1) is 0 Å². The molecule has 1 saturated heterocycles. The van der Waals surface area contributed by atoms with Crippen LogP contribution in [0.25, 0.3) is 0 Å². The molecule has 1 fully saturated rings. The summed E-state index contributed by atoms with van der Waals surface area (Å²) in [6.45, 7) is 1.86. The molecule has 1 aliphatic heterocycles. The third kappa shape index (κ3) is 1.88. The lowest BCUT2D eigenvalue weighted by Gasteiger charge is -2.29. The van der Waals surface area contributed by atoms with E-state index < -0.39 is 0 Å². The molecule has 0 bridgehead atoms. The van der Waals surface area contributed by atoms with Crippen molar-refractivity contribution in [1.82, 2.24) is 5.32 Å². The number of rotatable bonds is 3. The number of hydrogen-bond acceptors (Lipinski definition) is 4. The maximum Gasteiger partial charge on any atom is 0.337 e. The van der Waals surface area contributed by atoms with Crippen LogP contribution in [0.5, 0.6) is 5.75 Å². The van der Waals surface area contributed by atoms with Crippen molar-refractivity contribution in [3.63, 3.8) is 0 Å². The van der Waals surface area contributed by atoms with Crippen LogP contribution in [0.4, 0.5) is 0 Å². The number of ether oxygens (including phenoxy) is 2. The molecular formula is C12H15NO3. The first-order chi connectivity index (χ1) is 7.76. The minimum absolute atomic E-state index is 0.309. The highest BCUT2D eigenvalue weighted by atomic mass is 16.5. The van der Waals surface area contributed by atoms with Gasteiger partial charge in [0.2, 0.25) is 0 Å². The van der Waals surface area contributed by atoms with E-state index in [1.165, 1.54) is 7.11 Å². The first kappa shape index (κ1) is 11.0. The third-order valence-electron chi connectivity index (χ3n) is 2.87. The largest absolute Gasteiger partial charge is 0.496 e. The van der Waals surface area contributed by atoms with Crippen molar-refractivity contribution in [2.24, 2.45) is 0 Å². The standard InChI is InChI=1S/C12H15NO3/c1-15-11-4-3-8(12(14)16-2)5-10(11)9-6-13-7-9/h3-5,9,13H,6-7H2,1-2H3. The van der Waals surface area contributed by atoms with Gasteiger partial charge in [0.15, 0.2) is 0 Å². The molecule has 86 valence electrons. The van der Waals surface area contributed by atoms with E-state index in [-0.39, 0.29) is 5.97 Å². The summed E-state index contributed by atoms with van der Waals surface area (Å²) < 4.78 is 9.99. The molecule has 1 aliphatic rings. The van der Waals surface area contributed by atoms with Gasteiger partial charge in [0.25, 0.3) is 0 Å². The fourth-order valence-corrected chi connectivity index (χ4v) is 1.81. The summed E-state index contributed by atoms with van der Waals surface area (Å²) in [6.07, 6.45) is 0. The summed E-state index contributed by atoms with van der Waals surface area (Å²) in [7, 11) is 3.03. The molecule has 0 unspecified atom stereocenters. The van der Waals surface area contributed by atoms with Gasteiger partial charge in [-0.3, -0.25) is 0 Å². The number of carbonyl (C=O) groups excluding carboxylic acids is 1. The predicted molar refractivity (Wildman–Crippen MR) is 59.9 cm³/mol. The van der Waals surface area contributed by atoms with E-state index in [0.29, 0.717) is 11.5 Å². The number of esters is 1. The zero-order valence-corrected chi connectivity index (χ0v) is 9.45. The summed E-state index contributed by atoms with van der Waals surface area (Å²) in [4.78, 5) is 11.4. The molecule has 0 atom stereocenters. The van der Waals surface area contributed by atoms with Crippen LogP contribution in [0.2, 0.25) is 0 Å². The Kier molecular flexibility index (Phi) is 3.10. The Morgan fingerprint density at radius 2 is 2.12 bits per heavy atom. The Balaban J connectivity index is 2.34. The van der Waals surface area contributed by atoms with Crippen molar-refractivity contribution < 1.29 is 14.3 Å². The molecule has 2 rings (SSSR count). The zero-order chi connectivity index (χ0) is 11.5. The molecule has 0 spiro atoms. The van der Waals surface area contributed by atoms with Gasteiger partial charge in [-0.2, -0.15) is 0 Å². The molecule has 16 heavy (non-hydrogen) atoms. The number of benzene rings is 1. The second kappa shape index (κ2) is 4.53. The van der Waals surface area contributed by atoms with Gasteiger partial charge in [-0.1, -0.05) is 0 Å². The van der Waals surface area contributed by atoms with E-state index in [9.17, 15) is 4.79 Å². The minimum atomic E-state index is -0.309. The van der Waals surface area contributed by atoms with Gasteiger partial charge >= 0.3 is 5.97 Å². The van der Waals surface area contributed by atoms with Crippen LogP contribution in [0.3, 0.4) is 0 Å². The average Bonchev–Trinajstić information content (AvgIpc) is 2.25. The van der Waals surface area contributed by atoms with Crippen LogP contribution in [-0.2, 0) is 4.74 Å². The van der Waals surface area contributed by atoms with E-state index >= 15 is 0 Å². The Morgan fingerprint density at radius 1 is 1.38 bits per heavy atom. The van der Waals surface area contributed by atoms with Gasteiger partial charge in [0.1, 0.15) is 5.75 Å². The van der Waals surface area contributed by atoms with Gasteiger partial charge in [-0.25, -0.2) is 4.79 Å². The van der Waals surface area contributed by atoms with Crippen molar-refractivity contribution in [2.75, 3.05) is 27.3 Å². The molecule has 1 heterocycles. The average molecular weight is 221 g/mol. The highest BCUT2D eigenvalue weighted by Crippen LogP contribution is 2.30. The van der Waals surface area contributed by atoms with E-state index in [0.717, 1.165) is 24.4 Å². The molecule has 4 nitrogen and oxygen atoms in total. The number of nitrogens with one attached hydrogen (secondary N) is 1. The van der Waals surface area contributed by atoms with E-state index in [1.807, 2.05) is 12.1 Å².